The third kappa shape index (κ3) is 12.6. The summed E-state index contributed by atoms with van der Waals surface area (Å²) in [7, 11) is 0. The van der Waals surface area contributed by atoms with Gasteiger partial charge in [0.15, 0.2) is 0 Å². The summed E-state index contributed by atoms with van der Waals surface area (Å²) in [5, 5.41) is 34.1. The molecule has 0 aliphatic carbocycles. The number of rotatable bonds is 21. The SMILES string of the molecule is CC(C)[C@H](NC(=O)[C@H](Cc1c[nH]c2ccccc12)NC(=O)[C@H](Cc1cnc[nH]1)NC(=O)[C@H](CS)NC(=O)[C@H](CC(=O)O)NC(=O)CNC(=O)CN)C(=O)O. The van der Waals surface area contributed by atoms with Gasteiger partial charge in [0.05, 0.1) is 25.8 Å². The maximum atomic E-state index is 14.0. The van der Waals surface area contributed by atoms with Gasteiger partial charge in [-0.2, -0.15) is 12.6 Å². The number of carbonyl (C=O) groups is 8. The van der Waals surface area contributed by atoms with E-state index in [9.17, 15) is 48.6 Å². The molecule has 3 aromatic rings. The first-order valence-electron chi connectivity index (χ1n) is 16.7. The van der Waals surface area contributed by atoms with E-state index in [4.69, 9.17) is 5.73 Å². The third-order valence-corrected chi connectivity index (χ3v) is 8.42. The maximum absolute atomic E-state index is 14.0. The van der Waals surface area contributed by atoms with Crippen LogP contribution in [0.15, 0.2) is 43.0 Å². The van der Waals surface area contributed by atoms with Gasteiger partial charge < -0.3 is 57.8 Å². The van der Waals surface area contributed by atoms with Gasteiger partial charge >= 0.3 is 11.9 Å². The highest BCUT2D eigenvalue weighted by molar-refractivity contribution is 7.80. The number of fused-ring (bicyclic) bond motifs is 1. The molecular formula is C33H44N10O10S. The van der Waals surface area contributed by atoms with Crippen molar-refractivity contribution in [1.29, 1.82) is 0 Å². The molecule has 54 heavy (non-hydrogen) atoms. The molecule has 1 aromatic carbocycles. The Labute approximate surface area is 314 Å². The fourth-order valence-corrected chi connectivity index (χ4v) is 5.47. The molecule has 0 fully saturated rings. The van der Waals surface area contributed by atoms with E-state index < -0.39 is 103 Å². The summed E-state index contributed by atoms with van der Waals surface area (Å²) in [5.41, 5.74) is 6.98. The number of hydrogen-bond acceptors (Lipinski definition) is 11. The summed E-state index contributed by atoms with van der Waals surface area (Å²) < 4.78 is 0. The number of nitrogens with one attached hydrogen (secondary N) is 8. The predicted octanol–water partition coefficient (Wildman–Crippen LogP) is -2.68. The Balaban J connectivity index is 1.85. The van der Waals surface area contributed by atoms with Crippen molar-refractivity contribution in [2.45, 2.75) is 63.3 Å². The Morgan fingerprint density at radius 2 is 1.41 bits per heavy atom. The Morgan fingerprint density at radius 1 is 0.796 bits per heavy atom. The minimum Gasteiger partial charge on any atom is -0.481 e. The van der Waals surface area contributed by atoms with Crippen LogP contribution >= 0.6 is 12.6 Å². The van der Waals surface area contributed by atoms with Crippen LogP contribution in [0, 0.1) is 5.92 Å². The summed E-state index contributed by atoms with van der Waals surface area (Å²) in [5.74, 6) is -8.81. The van der Waals surface area contributed by atoms with E-state index >= 15 is 0 Å². The molecule has 0 aliphatic heterocycles. The van der Waals surface area contributed by atoms with Crippen LogP contribution < -0.4 is 37.6 Å². The number of carboxylic acid groups (broad SMARTS) is 2. The van der Waals surface area contributed by atoms with E-state index in [0.29, 0.717) is 11.3 Å². The van der Waals surface area contributed by atoms with E-state index in [-0.39, 0.29) is 18.6 Å². The van der Waals surface area contributed by atoms with Crippen LogP contribution in [-0.4, -0.2) is 122 Å². The number of para-hydroxylation sites is 1. The van der Waals surface area contributed by atoms with Crippen LogP contribution in [0.2, 0.25) is 0 Å². The first kappa shape index (κ1) is 42.5. The average Bonchev–Trinajstić information content (AvgIpc) is 3.80. The number of amides is 6. The molecule has 0 radical (unpaired) electrons. The molecule has 0 saturated carbocycles. The lowest BCUT2D eigenvalue weighted by Crippen LogP contribution is -2.60. The fraction of sp³-hybridized carbons (Fsp3) is 0.424. The number of nitrogens with two attached hydrogens (primary N) is 1. The number of hydrogen-bond donors (Lipinski definition) is 12. The second-order valence-electron chi connectivity index (χ2n) is 12.5. The lowest BCUT2D eigenvalue weighted by molar-refractivity contribution is -0.143. The highest BCUT2D eigenvalue weighted by atomic mass is 32.1. The molecule has 6 amide bonds. The highest BCUT2D eigenvalue weighted by Crippen LogP contribution is 2.19. The Bertz CT molecular complexity index is 1820. The van der Waals surface area contributed by atoms with Gasteiger partial charge in [0.2, 0.25) is 35.4 Å². The van der Waals surface area contributed by atoms with Crippen molar-refractivity contribution >= 4 is 70.9 Å². The van der Waals surface area contributed by atoms with Crippen LogP contribution in [0.5, 0.6) is 0 Å². The molecule has 12 N–H and O–H groups in total. The monoisotopic (exact) mass is 772 g/mol. The second kappa shape index (κ2) is 20.3. The number of carboxylic acids is 2. The number of thiol groups is 1. The van der Waals surface area contributed by atoms with Gasteiger partial charge in [-0.15, -0.1) is 0 Å². The summed E-state index contributed by atoms with van der Waals surface area (Å²) >= 11 is 4.13. The lowest BCUT2D eigenvalue weighted by atomic mass is 10.0. The fourth-order valence-electron chi connectivity index (χ4n) is 5.21. The van der Waals surface area contributed by atoms with Crippen molar-refractivity contribution in [1.82, 2.24) is 46.9 Å². The standard InChI is InChI=1S/C33H44N10O10S/c1-16(2)28(33(52)53)43-31(50)21(7-17-11-36-20-6-4-3-5-19(17)20)40-29(48)22(8-18-12-35-15-38-18)41-32(51)24(14-54)42-30(49)23(9-27(46)47)39-26(45)13-37-25(44)10-34/h3-6,11-12,15-16,21-24,28,36,54H,7-10,13-14,34H2,1-2H3,(H,35,38)(H,37,44)(H,39,45)(H,40,48)(H,41,51)(H,42,49)(H,43,50)(H,46,47)(H,52,53)/t21-,22-,23-,24-,28-/m0/s1. The van der Waals surface area contributed by atoms with Crippen LogP contribution in [0.25, 0.3) is 10.9 Å². The molecule has 0 unspecified atom stereocenters. The number of aromatic amines is 2. The molecular weight excluding hydrogens is 728 g/mol. The number of aromatic nitrogens is 3. The normalized spacial score (nSPS) is 13.8. The zero-order chi connectivity index (χ0) is 39.9. The summed E-state index contributed by atoms with van der Waals surface area (Å²) in [6, 6.07) is 0.0876. The van der Waals surface area contributed by atoms with Crippen molar-refractivity contribution in [3.63, 3.8) is 0 Å². The highest BCUT2D eigenvalue weighted by Gasteiger charge is 2.34. The zero-order valence-electron chi connectivity index (χ0n) is 29.4. The number of benzene rings is 1. The number of nitrogens with zero attached hydrogens (tertiary/aromatic N) is 1. The Morgan fingerprint density at radius 3 is 2.00 bits per heavy atom. The molecule has 0 saturated heterocycles. The molecule has 20 nitrogen and oxygen atoms in total. The average molecular weight is 773 g/mol. The van der Waals surface area contributed by atoms with E-state index in [2.05, 4.69) is 59.5 Å². The smallest absolute Gasteiger partial charge is 0.326 e. The van der Waals surface area contributed by atoms with E-state index in [1.54, 1.807) is 26.1 Å². The van der Waals surface area contributed by atoms with Gasteiger partial charge in [0.25, 0.3) is 0 Å². The second-order valence-corrected chi connectivity index (χ2v) is 12.8. The quantitative estimate of drug-likeness (QED) is 0.0493. The molecule has 2 heterocycles. The Hall–Kier alpha value is -5.96. The maximum Gasteiger partial charge on any atom is 0.326 e. The van der Waals surface area contributed by atoms with Crippen LogP contribution in [-0.2, 0) is 51.2 Å². The zero-order valence-corrected chi connectivity index (χ0v) is 30.3. The van der Waals surface area contributed by atoms with Crippen molar-refractivity contribution in [3.05, 3.63) is 54.2 Å². The van der Waals surface area contributed by atoms with Gasteiger partial charge in [-0.05, 0) is 17.5 Å². The predicted molar refractivity (Wildman–Crippen MR) is 195 cm³/mol. The molecule has 0 bridgehead atoms. The largest absolute Gasteiger partial charge is 0.481 e. The van der Waals surface area contributed by atoms with Gasteiger partial charge in [0, 0.05) is 47.6 Å². The topological polar surface area (TPSA) is 320 Å². The molecule has 5 atom stereocenters. The molecule has 292 valence electrons. The first-order chi connectivity index (χ1) is 25.6. The minimum absolute atomic E-state index is 0.0708. The number of H-pyrrole nitrogens is 2. The molecule has 21 heteroatoms. The van der Waals surface area contributed by atoms with Gasteiger partial charge in [-0.3, -0.25) is 33.6 Å². The lowest BCUT2D eigenvalue weighted by Gasteiger charge is -2.27. The van der Waals surface area contributed by atoms with E-state index in [0.717, 1.165) is 10.9 Å². The van der Waals surface area contributed by atoms with Crippen LogP contribution in [0.4, 0.5) is 0 Å². The summed E-state index contributed by atoms with van der Waals surface area (Å²) in [6.07, 6.45) is 3.27. The number of imidazole rings is 1. The molecule has 3 rings (SSSR count). The van der Waals surface area contributed by atoms with Gasteiger partial charge in [-0.1, -0.05) is 32.0 Å². The number of aliphatic carboxylic acids is 2. The van der Waals surface area contributed by atoms with E-state index in [1.807, 2.05) is 18.2 Å². The van der Waals surface area contributed by atoms with Gasteiger partial charge in [-0.25, -0.2) is 9.78 Å². The number of carbonyl (C=O) groups excluding carboxylic acids is 6. The summed E-state index contributed by atoms with van der Waals surface area (Å²) in [4.78, 5) is 111. The Kier molecular flexibility index (Phi) is 16.0. The van der Waals surface area contributed by atoms with Crippen molar-refractivity contribution < 1.29 is 48.6 Å². The van der Waals surface area contributed by atoms with Crippen molar-refractivity contribution in [3.8, 4) is 0 Å². The van der Waals surface area contributed by atoms with E-state index in [1.165, 1.54) is 12.5 Å². The van der Waals surface area contributed by atoms with Crippen LogP contribution in [0.3, 0.4) is 0 Å². The van der Waals surface area contributed by atoms with Crippen molar-refractivity contribution in [2.75, 3.05) is 18.8 Å². The van der Waals surface area contributed by atoms with Crippen molar-refractivity contribution in [2.24, 2.45) is 11.7 Å². The molecule has 0 spiro atoms. The first-order valence-corrected chi connectivity index (χ1v) is 17.3. The van der Waals surface area contributed by atoms with Gasteiger partial charge in [0.1, 0.15) is 30.2 Å². The summed E-state index contributed by atoms with van der Waals surface area (Å²) in [6.45, 7) is 2.21. The van der Waals surface area contributed by atoms with Crippen LogP contribution in [0.1, 0.15) is 31.5 Å². The minimum atomic E-state index is -1.67. The third-order valence-electron chi connectivity index (χ3n) is 8.05. The molecule has 0 aliphatic rings. The molecule has 2 aromatic heterocycles.